The van der Waals surface area contributed by atoms with Crippen LogP contribution in [0.1, 0.15) is 11.7 Å². The van der Waals surface area contributed by atoms with Crippen molar-refractivity contribution < 1.29 is 0 Å². The van der Waals surface area contributed by atoms with E-state index in [9.17, 15) is 0 Å². The van der Waals surface area contributed by atoms with Gasteiger partial charge in [0.2, 0.25) is 0 Å². The highest BCUT2D eigenvalue weighted by Crippen LogP contribution is 2.32. The van der Waals surface area contributed by atoms with Crippen molar-refractivity contribution in [2.75, 3.05) is 0 Å². The van der Waals surface area contributed by atoms with Gasteiger partial charge in [-0.05, 0) is 28.8 Å². The fourth-order valence-corrected chi connectivity index (χ4v) is 2.76. The van der Waals surface area contributed by atoms with E-state index in [1.807, 2.05) is 36.7 Å². The molecule has 4 rings (SSSR count). The normalized spacial score (nSPS) is 13.0. The number of halogens is 1. The van der Waals surface area contributed by atoms with E-state index in [0.29, 0.717) is 0 Å². The van der Waals surface area contributed by atoms with E-state index in [-0.39, 0.29) is 18.6 Å². The number of rotatable bonds is 3. The standard InChI is InChI=1S/C19H16N4.ClH/c1-2-5-14(6-3-1)17-13-15(18-22-11-12-23-18)7-8-16(17)19-20-9-4-10-21-19;/h1-13,18,22-23H;1H. The summed E-state index contributed by atoms with van der Waals surface area (Å²) in [6, 6.07) is 18.6. The summed E-state index contributed by atoms with van der Waals surface area (Å²) in [5.74, 6) is 0.739. The molecule has 2 heterocycles. The van der Waals surface area contributed by atoms with Crippen LogP contribution in [-0.4, -0.2) is 9.97 Å². The van der Waals surface area contributed by atoms with Gasteiger partial charge in [-0.3, -0.25) is 0 Å². The lowest BCUT2D eigenvalue weighted by atomic mass is 9.96. The maximum atomic E-state index is 4.41. The van der Waals surface area contributed by atoms with Gasteiger partial charge in [0.1, 0.15) is 6.17 Å². The molecule has 0 atom stereocenters. The Hall–Kier alpha value is -2.85. The van der Waals surface area contributed by atoms with E-state index in [2.05, 4.69) is 50.9 Å². The van der Waals surface area contributed by atoms with Crippen LogP contribution in [0, 0.1) is 0 Å². The molecule has 2 N–H and O–H groups in total. The van der Waals surface area contributed by atoms with Gasteiger partial charge >= 0.3 is 0 Å². The Morgan fingerprint density at radius 3 is 2.17 bits per heavy atom. The average molecular weight is 337 g/mol. The van der Waals surface area contributed by atoms with Gasteiger partial charge in [-0.2, -0.15) is 0 Å². The second-order valence-electron chi connectivity index (χ2n) is 5.34. The molecular formula is C19H17ClN4. The lowest BCUT2D eigenvalue weighted by Crippen LogP contribution is -2.20. The molecule has 120 valence electrons. The summed E-state index contributed by atoms with van der Waals surface area (Å²) >= 11 is 0. The first-order valence-electron chi connectivity index (χ1n) is 7.56. The Morgan fingerprint density at radius 1 is 0.750 bits per heavy atom. The van der Waals surface area contributed by atoms with Gasteiger partial charge in [0.25, 0.3) is 0 Å². The summed E-state index contributed by atoms with van der Waals surface area (Å²) in [7, 11) is 0. The zero-order valence-corrected chi connectivity index (χ0v) is 13.7. The van der Waals surface area contributed by atoms with Crippen LogP contribution in [0.25, 0.3) is 22.5 Å². The zero-order valence-electron chi connectivity index (χ0n) is 12.9. The Labute approximate surface area is 147 Å². The first kappa shape index (κ1) is 16.0. The average Bonchev–Trinajstić information content (AvgIpc) is 3.17. The predicted octanol–water partition coefficient (Wildman–Crippen LogP) is 3.90. The van der Waals surface area contributed by atoms with Crippen LogP contribution in [-0.2, 0) is 0 Å². The van der Waals surface area contributed by atoms with Gasteiger partial charge in [0.05, 0.1) is 0 Å². The molecule has 0 unspecified atom stereocenters. The second kappa shape index (κ2) is 7.15. The Morgan fingerprint density at radius 2 is 1.46 bits per heavy atom. The molecule has 2 aromatic carbocycles. The minimum atomic E-state index is 0. The summed E-state index contributed by atoms with van der Waals surface area (Å²) < 4.78 is 0. The molecule has 1 aliphatic rings. The summed E-state index contributed by atoms with van der Waals surface area (Å²) in [5, 5.41) is 6.58. The molecule has 3 aromatic rings. The Bertz CT molecular complexity index is 827. The van der Waals surface area contributed by atoms with Gasteiger partial charge in [0.15, 0.2) is 5.82 Å². The molecule has 1 aromatic heterocycles. The van der Waals surface area contributed by atoms with Crippen molar-refractivity contribution in [1.82, 2.24) is 20.6 Å². The fraction of sp³-hybridized carbons (Fsp3) is 0.0526. The van der Waals surface area contributed by atoms with Gasteiger partial charge < -0.3 is 10.6 Å². The molecule has 0 bridgehead atoms. The molecule has 0 amide bonds. The summed E-state index contributed by atoms with van der Waals surface area (Å²) in [4.78, 5) is 8.82. The molecule has 1 aliphatic heterocycles. The Kier molecular flexibility index (Phi) is 4.77. The van der Waals surface area contributed by atoms with E-state index >= 15 is 0 Å². The maximum absolute atomic E-state index is 4.41. The molecule has 0 saturated carbocycles. The highest BCUT2D eigenvalue weighted by molar-refractivity contribution is 5.85. The van der Waals surface area contributed by atoms with Crippen molar-refractivity contribution in [3.63, 3.8) is 0 Å². The molecule has 0 spiro atoms. The van der Waals surface area contributed by atoms with Crippen molar-refractivity contribution in [3.8, 4) is 22.5 Å². The second-order valence-corrected chi connectivity index (χ2v) is 5.34. The SMILES string of the molecule is C1=CNC(c2ccc(-c3ncccn3)c(-c3ccccc3)c2)N1.Cl. The number of nitrogens with one attached hydrogen (secondary N) is 2. The van der Waals surface area contributed by atoms with E-state index in [4.69, 9.17) is 0 Å². The summed E-state index contributed by atoms with van der Waals surface area (Å²) in [5.41, 5.74) is 4.49. The van der Waals surface area contributed by atoms with Gasteiger partial charge in [-0.25, -0.2) is 9.97 Å². The van der Waals surface area contributed by atoms with Crippen LogP contribution in [0.5, 0.6) is 0 Å². The first-order chi connectivity index (χ1) is 11.4. The van der Waals surface area contributed by atoms with E-state index < -0.39 is 0 Å². The van der Waals surface area contributed by atoms with E-state index in [0.717, 1.165) is 22.5 Å². The number of nitrogens with zero attached hydrogens (tertiary/aromatic N) is 2. The quantitative estimate of drug-likeness (QED) is 0.761. The number of benzene rings is 2. The third-order valence-corrected chi connectivity index (χ3v) is 3.88. The lowest BCUT2D eigenvalue weighted by molar-refractivity contribution is 0.608. The maximum Gasteiger partial charge on any atom is 0.159 e. The smallest absolute Gasteiger partial charge is 0.159 e. The predicted molar refractivity (Wildman–Crippen MR) is 98.3 cm³/mol. The van der Waals surface area contributed by atoms with E-state index in [1.165, 1.54) is 5.56 Å². The molecule has 0 radical (unpaired) electrons. The van der Waals surface area contributed by atoms with Crippen LogP contribution in [0.3, 0.4) is 0 Å². The van der Waals surface area contributed by atoms with Crippen LogP contribution in [0.15, 0.2) is 79.4 Å². The van der Waals surface area contributed by atoms with Gasteiger partial charge in [-0.15, -0.1) is 12.4 Å². The van der Waals surface area contributed by atoms with Crippen LogP contribution in [0.2, 0.25) is 0 Å². The van der Waals surface area contributed by atoms with Crippen LogP contribution >= 0.6 is 12.4 Å². The number of aromatic nitrogens is 2. The van der Waals surface area contributed by atoms with Crippen molar-refractivity contribution >= 4 is 12.4 Å². The first-order valence-corrected chi connectivity index (χ1v) is 7.56. The molecule has 0 saturated heterocycles. The monoisotopic (exact) mass is 336 g/mol. The minimum absolute atomic E-state index is 0. The summed E-state index contributed by atoms with van der Waals surface area (Å²) in [6.07, 6.45) is 7.48. The fourth-order valence-electron chi connectivity index (χ4n) is 2.76. The van der Waals surface area contributed by atoms with Gasteiger partial charge in [0, 0.05) is 30.4 Å². The molecule has 5 heteroatoms. The highest BCUT2D eigenvalue weighted by Gasteiger charge is 2.15. The van der Waals surface area contributed by atoms with Crippen molar-refractivity contribution in [3.05, 3.63) is 85.0 Å². The summed E-state index contributed by atoms with van der Waals surface area (Å²) in [6.45, 7) is 0. The lowest BCUT2D eigenvalue weighted by Gasteiger charge is -2.16. The molecule has 0 fully saturated rings. The van der Waals surface area contributed by atoms with Crippen LogP contribution in [0.4, 0.5) is 0 Å². The highest BCUT2D eigenvalue weighted by atomic mass is 35.5. The van der Waals surface area contributed by atoms with Crippen molar-refractivity contribution in [1.29, 1.82) is 0 Å². The third kappa shape index (κ3) is 3.09. The van der Waals surface area contributed by atoms with Crippen molar-refractivity contribution in [2.45, 2.75) is 6.17 Å². The molecule has 24 heavy (non-hydrogen) atoms. The minimum Gasteiger partial charge on any atom is -0.366 e. The Balaban J connectivity index is 0.00000169. The largest absolute Gasteiger partial charge is 0.366 e. The molecule has 0 aliphatic carbocycles. The van der Waals surface area contributed by atoms with Crippen LogP contribution < -0.4 is 10.6 Å². The zero-order chi connectivity index (χ0) is 15.5. The molecule has 4 nitrogen and oxygen atoms in total. The van der Waals surface area contributed by atoms with Crippen molar-refractivity contribution in [2.24, 2.45) is 0 Å². The number of hydrogen-bond donors (Lipinski definition) is 2. The number of hydrogen-bond acceptors (Lipinski definition) is 4. The van der Waals surface area contributed by atoms with E-state index in [1.54, 1.807) is 12.4 Å². The third-order valence-electron chi connectivity index (χ3n) is 3.88. The molecular weight excluding hydrogens is 320 g/mol. The topological polar surface area (TPSA) is 49.8 Å². The van der Waals surface area contributed by atoms with Gasteiger partial charge in [-0.1, -0.05) is 42.5 Å².